The molecule has 184 valence electrons. The number of fused-ring (bicyclic) bond motifs is 1. The average molecular weight is 494 g/mol. The van der Waals surface area contributed by atoms with Gasteiger partial charge < -0.3 is 33.5 Å². The number of aliphatic hydroxyl groups excluding tert-OH is 1. The molecule has 0 spiro atoms. The SMILES string of the molecule is CO[C@@H](CCOC(=O)CS)[C@@H](OC(=O)Nc1ccc2c(c1)OCO2)c1ccccc1OCCO. The van der Waals surface area contributed by atoms with Crippen LogP contribution in [0.2, 0.25) is 0 Å². The van der Waals surface area contributed by atoms with E-state index in [4.69, 9.17) is 33.5 Å². The maximum atomic E-state index is 12.8. The minimum Gasteiger partial charge on any atom is -0.491 e. The first kappa shape index (κ1) is 25.5. The van der Waals surface area contributed by atoms with Gasteiger partial charge in [0.2, 0.25) is 6.79 Å². The number of aliphatic hydroxyl groups is 1. The van der Waals surface area contributed by atoms with Gasteiger partial charge in [0, 0.05) is 30.8 Å². The summed E-state index contributed by atoms with van der Waals surface area (Å²) in [4.78, 5) is 24.3. The zero-order valence-corrected chi connectivity index (χ0v) is 19.5. The fraction of sp³-hybridized carbons (Fsp3) is 0.391. The molecule has 3 rings (SSSR count). The highest BCUT2D eigenvalue weighted by Gasteiger charge is 2.30. The standard InChI is InChI=1S/C23H27NO9S/c1-28-19(8-10-30-21(26)13-34)22(16-4-2-3-5-17(16)29-11-9-25)33-23(27)24-15-6-7-18-20(12-15)32-14-31-18/h2-7,12,19,22,25,34H,8-11,13-14H2,1H3,(H,24,27)/t19-,22-/m0/s1. The van der Waals surface area contributed by atoms with Gasteiger partial charge in [0.15, 0.2) is 17.6 Å². The number of carbonyl (C=O) groups excluding carboxylic acids is 2. The van der Waals surface area contributed by atoms with Crippen LogP contribution in [-0.4, -0.2) is 62.7 Å². The summed E-state index contributed by atoms with van der Waals surface area (Å²) >= 11 is 3.89. The van der Waals surface area contributed by atoms with Crippen LogP contribution in [0.25, 0.3) is 0 Å². The summed E-state index contributed by atoms with van der Waals surface area (Å²) in [7, 11) is 1.47. The molecule has 0 unspecified atom stereocenters. The number of nitrogens with one attached hydrogen (secondary N) is 1. The number of carbonyl (C=O) groups is 2. The number of ether oxygens (including phenoxy) is 6. The van der Waals surface area contributed by atoms with Crippen molar-refractivity contribution in [1.82, 2.24) is 0 Å². The van der Waals surface area contributed by atoms with Crippen LogP contribution in [0.1, 0.15) is 18.1 Å². The molecule has 10 nitrogen and oxygen atoms in total. The number of amides is 1. The molecular weight excluding hydrogens is 466 g/mol. The van der Waals surface area contributed by atoms with E-state index >= 15 is 0 Å². The van der Waals surface area contributed by atoms with Gasteiger partial charge in [0.1, 0.15) is 18.5 Å². The minimum absolute atomic E-state index is 0.0429. The lowest BCUT2D eigenvalue weighted by atomic mass is 10.0. The van der Waals surface area contributed by atoms with Gasteiger partial charge in [0.05, 0.1) is 19.0 Å². The highest BCUT2D eigenvalue weighted by molar-refractivity contribution is 7.81. The minimum atomic E-state index is -0.913. The fourth-order valence-electron chi connectivity index (χ4n) is 3.31. The molecule has 0 saturated carbocycles. The number of para-hydroxylation sites is 1. The lowest BCUT2D eigenvalue weighted by Gasteiger charge is -2.28. The van der Waals surface area contributed by atoms with E-state index in [9.17, 15) is 9.59 Å². The summed E-state index contributed by atoms with van der Waals surface area (Å²) in [6.07, 6.45) is -2.08. The van der Waals surface area contributed by atoms with Gasteiger partial charge in [-0.1, -0.05) is 18.2 Å². The van der Waals surface area contributed by atoms with Crippen molar-refractivity contribution < 1.29 is 43.1 Å². The second-order valence-electron chi connectivity index (χ2n) is 7.07. The van der Waals surface area contributed by atoms with Crippen molar-refractivity contribution in [2.75, 3.05) is 44.8 Å². The van der Waals surface area contributed by atoms with Gasteiger partial charge in [0.25, 0.3) is 0 Å². The van der Waals surface area contributed by atoms with E-state index in [2.05, 4.69) is 17.9 Å². The van der Waals surface area contributed by atoms with Crippen molar-refractivity contribution in [3.8, 4) is 17.2 Å². The van der Waals surface area contributed by atoms with Crippen LogP contribution in [0.5, 0.6) is 17.2 Å². The van der Waals surface area contributed by atoms with Gasteiger partial charge in [-0.25, -0.2) is 4.79 Å². The van der Waals surface area contributed by atoms with E-state index in [0.29, 0.717) is 28.5 Å². The predicted molar refractivity (Wildman–Crippen MR) is 125 cm³/mol. The third-order valence-electron chi connectivity index (χ3n) is 4.86. The molecule has 0 aromatic heterocycles. The van der Waals surface area contributed by atoms with E-state index in [-0.39, 0.29) is 38.8 Å². The molecule has 0 radical (unpaired) electrons. The molecule has 0 saturated heterocycles. The lowest BCUT2D eigenvalue weighted by Crippen LogP contribution is -2.30. The smallest absolute Gasteiger partial charge is 0.412 e. The van der Waals surface area contributed by atoms with Crippen LogP contribution in [0.15, 0.2) is 42.5 Å². The number of anilines is 1. The molecule has 2 N–H and O–H groups in total. The maximum Gasteiger partial charge on any atom is 0.412 e. The van der Waals surface area contributed by atoms with Gasteiger partial charge in [-0.3, -0.25) is 10.1 Å². The first-order valence-electron chi connectivity index (χ1n) is 10.5. The number of rotatable bonds is 12. The molecule has 0 fully saturated rings. The number of hydrogen-bond donors (Lipinski definition) is 3. The van der Waals surface area contributed by atoms with Crippen LogP contribution in [-0.2, 0) is 19.0 Å². The zero-order valence-electron chi connectivity index (χ0n) is 18.6. The maximum absolute atomic E-state index is 12.8. The van der Waals surface area contributed by atoms with Gasteiger partial charge >= 0.3 is 12.1 Å². The third kappa shape index (κ3) is 6.92. The summed E-state index contributed by atoms with van der Waals surface area (Å²) < 4.78 is 32.7. The van der Waals surface area contributed by atoms with Gasteiger partial charge in [-0.05, 0) is 18.2 Å². The Bertz CT molecular complexity index is 971. The largest absolute Gasteiger partial charge is 0.491 e. The highest BCUT2D eigenvalue weighted by Crippen LogP contribution is 2.35. The Kier molecular flexibility index (Phi) is 9.68. The first-order chi connectivity index (χ1) is 16.5. The summed E-state index contributed by atoms with van der Waals surface area (Å²) in [6.45, 7) is 0.0343. The monoisotopic (exact) mass is 493 g/mol. The van der Waals surface area contributed by atoms with Crippen molar-refractivity contribution in [1.29, 1.82) is 0 Å². The number of methoxy groups -OCH3 is 1. The summed E-state index contributed by atoms with van der Waals surface area (Å²) in [6, 6.07) is 11.9. The van der Waals surface area contributed by atoms with Crippen molar-refractivity contribution in [3.05, 3.63) is 48.0 Å². The van der Waals surface area contributed by atoms with Gasteiger partial charge in [-0.15, -0.1) is 0 Å². The number of esters is 1. The van der Waals surface area contributed by atoms with Crippen LogP contribution in [0.3, 0.4) is 0 Å². The molecular formula is C23H27NO9S. The van der Waals surface area contributed by atoms with Crippen molar-refractivity contribution in [3.63, 3.8) is 0 Å². The average Bonchev–Trinajstić information content (AvgIpc) is 3.32. The first-order valence-corrected chi connectivity index (χ1v) is 11.2. The van der Waals surface area contributed by atoms with Crippen molar-refractivity contribution in [2.24, 2.45) is 0 Å². The lowest BCUT2D eigenvalue weighted by molar-refractivity contribution is -0.141. The Morgan fingerprint density at radius 2 is 1.94 bits per heavy atom. The molecule has 11 heteroatoms. The van der Waals surface area contributed by atoms with Gasteiger partial charge in [-0.2, -0.15) is 12.6 Å². The predicted octanol–water partition coefficient (Wildman–Crippen LogP) is 2.95. The number of benzene rings is 2. The molecule has 1 amide bonds. The number of hydrogen-bond acceptors (Lipinski definition) is 10. The molecule has 2 atom stereocenters. The highest BCUT2D eigenvalue weighted by atomic mass is 32.1. The van der Waals surface area contributed by atoms with E-state index in [1.165, 1.54) is 7.11 Å². The second kappa shape index (κ2) is 12.9. The van der Waals surface area contributed by atoms with Crippen molar-refractivity contribution in [2.45, 2.75) is 18.6 Å². The van der Waals surface area contributed by atoms with E-state index in [1.54, 1.807) is 42.5 Å². The molecule has 1 aliphatic rings. The molecule has 1 heterocycles. The quantitative estimate of drug-likeness (QED) is 0.303. The third-order valence-corrected chi connectivity index (χ3v) is 5.12. The molecule has 34 heavy (non-hydrogen) atoms. The van der Waals surface area contributed by atoms with E-state index in [0.717, 1.165) is 0 Å². The number of thiol groups is 1. The summed E-state index contributed by atoms with van der Waals surface area (Å²) in [5.41, 5.74) is 0.985. The molecule has 1 aliphatic heterocycles. The second-order valence-corrected chi connectivity index (χ2v) is 7.39. The Labute approximate surface area is 202 Å². The topological polar surface area (TPSA) is 122 Å². The van der Waals surface area contributed by atoms with E-state index in [1.807, 2.05) is 0 Å². The van der Waals surface area contributed by atoms with Crippen LogP contribution < -0.4 is 19.5 Å². The molecule has 0 aliphatic carbocycles. The molecule has 0 bridgehead atoms. The van der Waals surface area contributed by atoms with Crippen LogP contribution >= 0.6 is 12.6 Å². The normalized spacial score (nSPS) is 13.6. The van der Waals surface area contributed by atoms with Crippen molar-refractivity contribution >= 4 is 30.4 Å². The fourth-order valence-corrected chi connectivity index (χ4v) is 3.40. The molecule has 2 aromatic rings. The Morgan fingerprint density at radius 1 is 1.15 bits per heavy atom. The summed E-state index contributed by atoms with van der Waals surface area (Å²) in [5.74, 6) is 1.00. The van der Waals surface area contributed by atoms with Crippen LogP contribution in [0, 0.1) is 0 Å². The Balaban J connectivity index is 1.79. The van der Waals surface area contributed by atoms with E-state index < -0.39 is 24.3 Å². The summed E-state index contributed by atoms with van der Waals surface area (Å²) in [5, 5.41) is 11.8. The van der Waals surface area contributed by atoms with Crippen LogP contribution in [0.4, 0.5) is 10.5 Å². The Hall–Kier alpha value is -3.15. The molecule has 2 aromatic carbocycles. The zero-order chi connectivity index (χ0) is 24.3. The Morgan fingerprint density at radius 3 is 2.71 bits per heavy atom.